The molecule has 0 aliphatic rings. The lowest BCUT2D eigenvalue weighted by Gasteiger charge is -2.12. The summed E-state index contributed by atoms with van der Waals surface area (Å²) in [6, 6.07) is 8.06. The van der Waals surface area contributed by atoms with Crippen molar-refractivity contribution in [3.8, 4) is 17.4 Å². The molecule has 0 aliphatic carbocycles. The summed E-state index contributed by atoms with van der Waals surface area (Å²) in [5.41, 5.74) is 7.09. The zero-order chi connectivity index (χ0) is 19.9. The molecule has 0 unspecified atom stereocenters. The van der Waals surface area contributed by atoms with Crippen LogP contribution in [0.3, 0.4) is 0 Å². The first-order valence-corrected chi connectivity index (χ1v) is 7.74. The Balaban J connectivity index is 0.00000392. The molecule has 3 N–H and O–H groups in total. The van der Waals surface area contributed by atoms with Gasteiger partial charge in [-0.05, 0) is 17.7 Å². The van der Waals surface area contributed by atoms with Crippen LogP contribution in [0.4, 0.5) is 18.9 Å². The van der Waals surface area contributed by atoms with E-state index >= 15 is 0 Å². The van der Waals surface area contributed by atoms with Crippen LogP contribution in [-0.2, 0) is 6.54 Å². The number of methoxy groups -OCH3 is 2. The van der Waals surface area contributed by atoms with Gasteiger partial charge in [-0.25, -0.2) is 9.98 Å². The summed E-state index contributed by atoms with van der Waals surface area (Å²) in [6.07, 6.45) is -3.04. The second-order valence-electron chi connectivity index (χ2n) is 5.30. The Morgan fingerprint density at radius 2 is 1.93 bits per heavy atom. The van der Waals surface area contributed by atoms with E-state index in [0.717, 1.165) is 0 Å². The average molecular weight is 512 g/mol. The number of aromatic nitrogens is 1. The minimum Gasteiger partial charge on any atom is -0.497 e. The van der Waals surface area contributed by atoms with E-state index in [9.17, 15) is 13.2 Å². The summed E-state index contributed by atoms with van der Waals surface area (Å²) < 4.78 is 51.2. The van der Waals surface area contributed by atoms with Crippen molar-refractivity contribution in [1.82, 2.24) is 4.98 Å². The van der Waals surface area contributed by atoms with Gasteiger partial charge in [0.15, 0.2) is 12.6 Å². The second-order valence-corrected chi connectivity index (χ2v) is 5.30. The van der Waals surface area contributed by atoms with Gasteiger partial charge in [0.2, 0.25) is 5.88 Å². The molecule has 28 heavy (non-hydrogen) atoms. The minimum absolute atomic E-state index is 0. The summed E-state index contributed by atoms with van der Waals surface area (Å²) in [6.45, 7) is -1.21. The van der Waals surface area contributed by atoms with Gasteiger partial charge in [0.25, 0.3) is 0 Å². The van der Waals surface area contributed by atoms with E-state index in [1.165, 1.54) is 26.5 Å². The number of alkyl halides is 3. The van der Waals surface area contributed by atoms with Gasteiger partial charge in [0.05, 0.1) is 26.5 Å². The van der Waals surface area contributed by atoms with E-state index in [4.69, 9.17) is 15.2 Å². The van der Waals surface area contributed by atoms with Crippen molar-refractivity contribution in [2.24, 2.45) is 10.7 Å². The first kappa shape index (κ1) is 23.6. The van der Waals surface area contributed by atoms with Crippen molar-refractivity contribution >= 4 is 35.6 Å². The zero-order valence-electron chi connectivity index (χ0n) is 15.1. The fourth-order valence-electron chi connectivity index (χ4n) is 2.01. The summed E-state index contributed by atoms with van der Waals surface area (Å²) in [4.78, 5) is 7.97. The van der Waals surface area contributed by atoms with Crippen molar-refractivity contribution in [3.05, 3.63) is 42.1 Å². The van der Waals surface area contributed by atoms with Gasteiger partial charge >= 0.3 is 6.18 Å². The summed E-state index contributed by atoms with van der Waals surface area (Å²) >= 11 is 0. The first-order valence-electron chi connectivity index (χ1n) is 7.74. The molecule has 0 saturated carbocycles. The molecule has 0 bridgehead atoms. The third kappa shape index (κ3) is 7.66. The van der Waals surface area contributed by atoms with Gasteiger partial charge < -0.3 is 25.3 Å². The fraction of sp³-hybridized carbons (Fsp3) is 0.294. The summed E-state index contributed by atoms with van der Waals surface area (Å²) in [5, 5.41) is 2.91. The van der Waals surface area contributed by atoms with Crippen LogP contribution in [0.2, 0.25) is 0 Å². The van der Waals surface area contributed by atoms with Crippen LogP contribution in [0.15, 0.2) is 41.5 Å². The second kappa shape index (κ2) is 10.8. The number of benzene rings is 1. The summed E-state index contributed by atoms with van der Waals surface area (Å²) in [7, 11) is 3.06. The van der Waals surface area contributed by atoms with E-state index in [1.54, 1.807) is 24.3 Å². The van der Waals surface area contributed by atoms with E-state index in [1.807, 2.05) is 0 Å². The molecule has 0 radical (unpaired) electrons. The molecule has 0 atom stereocenters. The van der Waals surface area contributed by atoms with Crippen molar-refractivity contribution in [1.29, 1.82) is 0 Å². The number of aliphatic imine (C=N–C) groups is 1. The highest BCUT2D eigenvalue weighted by Gasteiger charge is 2.28. The normalized spacial score (nSPS) is 11.4. The number of hydrogen-bond donors (Lipinski definition) is 2. The monoisotopic (exact) mass is 512 g/mol. The molecule has 0 saturated heterocycles. The van der Waals surface area contributed by atoms with Crippen molar-refractivity contribution in [3.63, 3.8) is 0 Å². The van der Waals surface area contributed by atoms with Gasteiger partial charge in [0.1, 0.15) is 11.5 Å². The zero-order valence-corrected chi connectivity index (χ0v) is 17.4. The summed E-state index contributed by atoms with van der Waals surface area (Å²) in [5.74, 6) is 1.18. The quantitative estimate of drug-likeness (QED) is 0.335. The maximum atomic E-state index is 12.1. The predicted octanol–water partition coefficient (Wildman–Crippen LogP) is 3.58. The lowest BCUT2D eigenvalue weighted by molar-refractivity contribution is -0.154. The molecule has 0 fully saturated rings. The highest BCUT2D eigenvalue weighted by atomic mass is 127. The lowest BCUT2D eigenvalue weighted by atomic mass is 10.2. The Morgan fingerprint density at radius 3 is 2.50 bits per heavy atom. The minimum atomic E-state index is -4.41. The molecular formula is C17H20F3IN4O3. The molecule has 11 heteroatoms. The number of nitrogens with zero attached hydrogens (tertiary/aromatic N) is 2. The van der Waals surface area contributed by atoms with Crippen LogP contribution in [0.1, 0.15) is 5.56 Å². The number of ether oxygens (including phenoxy) is 3. The number of halogens is 4. The molecule has 0 spiro atoms. The highest BCUT2D eigenvalue weighted by Crippen LogP contribution is 2.28. The number of rotatable bonds is 7. The fourth-order valence-corrected chi connectivity index (χ4v) is 2.01. The smallest absolute Gasteiger partial charge is 0.422 e. The third-order valence-electron chi connectivity index (χ3n) is 3.28. The number of guanidine groups is 1. The Hall–Kier alpha value is -2.44. The maximum Gasteiger partial charge on any atom is 0.422 e. The number of nitrogens with one attached hydrogen (secondary N) is 1. The van der Waals surface area contributed by atoms with E-state index in [-0.39, 0.29) is 42.4 Å². The Bertz CT molecular complexity index is 786. The standard InChI is InChI=1S/C17H19F3N4O3.HI/c1-25-12-4-5-14(26-2)13(7-12)24-16(21)23-9-11-3-6-15(22-8-11)27-10-17(18,19)20;/h3-8H,9-10H2,1-2H3,(H3,21,23,24);1H. The highest BCUT2D eigenvalue weighted by molar-refractivity contribution is 14.0. The van der Waals surface area contributed by atoms with Gasteiger partial charge in [0, 0.05) is 18.3 Å². The van der Waals surface area contributed by atoms with E-state index in [0.29, 0.717) is 22.7 Å². The number of hydrogen-bond acceptors (Lipinski definition) is 5. The molecule has 0 aliphatic heterocycles. The number of nitrogens with two attached hydrogens (primary N) is 1. The maximum absolute atomic E-state index is 12.1. The van der Waals surface area contributed by atoms with Crippen LogP contribution in [-0.4, -0.2) is 37.9 Å². The lowest BCUT2D eigenvalue weighted by Crippen LogP contribution is -2.23. The molecule has 0 amide bonds. The molecular weight excluding hydrogens is 492 g/mol. The van der Waals surface area contributed by atoms with Crippen molar-refractivity contribution in [2.45, 2.75) is 12.7 Å². The van der Waals surface area contributed by atoms with Crippen molar-refractivity contribution < 1.29 is 27.4 Å². The SMILES string of the molecule is COc1ccc(OC)c(NC(N)=NCc2ccc(OCC(F)(F)F)nc2)c1.I. The van der Waals surface area contributed by atoms with Gasteiger partial charge in [-0.15, -0.1) is 24.0 Å². The van der Waals surface area contributed by atoms with E-state index < -0.39 is 12.8 Å². The van der Waals surface area contributed by atoms with Crippen LogP contribution in [0.25, 0.3) is 0 Å². The van der Waals surface area contributed by atoms with Gasteiger partial charge in [-0.2, -0.15) is 13.2 Å². The van der Waals surface area contributed by atoms with Gasteiger partial charge in [-0.3, -0.25) is 0 Å². The number of anilines is 1. The number of pyridine rings is 1. The topological polar surface area (TPSA) is 91.0 Å². The molecule has 1 aromatic heterocycles. The molecule has 154 valence electrons. The molecule has 2 rings (SSSR count). The van der Waals surface area contributed by atoms with E-state index in [2.05, 4.69) is 20.0 Å². The average Bonchev–Trinajstić information content (AvgIpc) is 2.65. The third-order valence-corrected chi connectivity index (χ3v) is 3.28. The molecule has 1 heterocycles. The van der Waals surface area contributed by atoms with Crippen LogP contribution >= 0.6 is 24.0 Å². The molecule has 1 aromatic carbocycles. The van der Waals surface area contributed by atoms with Crippen LogP contribution in [0, 0.1) is 0 Å². The van der Waals surface area contributed by atoms with Crippen LogP contribution in [0.5, 0.6) is 17.4 Å². The van der Waals surface area contributed by atoms with Crippen molar-refractivity contribution in [2.75, 3.05) is 26.1 Å². The molecule has 2 aromatic rings. The molecule has 7 nitrogen and oxygen atoms in total. The Labute approximate surface area is 177 Å². The van der Waals surface area contributed by atoms with Gasteiger partial charge in [-0.1, -0.05) is 6.07 Å². The predicted molar refractivity (Wildman–Crippen MR) is 110 cm³/mol. The van der Waals surface area contributed by atoms with Crippen LogP contribution < -0.4 is 25.3 Å². The Kier molecular flexibility index (Phi) is 9.09. The first-order chi connectivity index (χ1) is 12.8. The Morgan fingerprint density at radius 1 is 1.18 bits per heavy atom. The largest absolute Gasteiger partial charge is 0.497 e.